The zero-order chi connectivity index (χ0) is 13.9. The fourth-order valence-corrected chi connectivity index (χ4v) is 2.85. The first-order valence-corrected chi connectivity index (χ1v) is 7.13. The van der Waals surface area contributed by atoms with Crippen molar-refractivity contribution in [2.75, 3.05) is 4.31 Å². The monoisotopic (exact) mass is 292 g/mol. The summed E-state index contributed by atoms with van der Waals surface area (Å²) in [4.78, 5) is 0.0160. The lowest BCUT2D eigenvalue weighted by Crippen LogP contribution is -2.25. The van der Waals surface area contributed by atoms with Crippen LogP contribution >= 0.6 is 11.6 Å². The predicted octanol–water partition coefficient (Wildman–Crippen LogP) is 3.02. The number of nitrogens with zero attached hydrogens (tertiary/aromatic N) is 2. The van der Waals surface area contributed by atoms with Gasteiger partial charge in [-0.3, -0.25) is 0 Å². The highest BCUT2D eigenvalue weighted by Crippen LogP contribution is 2.23. The highest BCUT2D eigenvalue weighted by atomic mass is 35.5. The van der Waals surface area contributed by atoms with Gasteiger partial charge in [-0.1, -0.05) is 29.8 Å². The molecule has 0 aliphatic heterocycles. The van der Waals surface area contributed by atoms with Crippen LogP contribution in [0.2, 0.25) is 5.02 Å². The van der Waals surface area contributed by atoms with Crippen molar-refractivity contribution < 1.29 is 8.42 Å². The lowest BCUT2D eigenvalue weighted by molar-refractivity contribution is 0.596. The molecule has 6 heteroatoms. The second-order valence-corrected chi connectivity index (χ2v) is 5.88. The first-order chi connectivity index (χ1) is 9.05. The normalized spacial score (nSPS) is 10.7. The molecule has 2 rings (SSSR count). The van der Waals surface area contributed by atoms with E-state index >= 15 is 0 Å². The zero-order valence-electron chi connectivity index (χ0n) is 9.69. The van der Waals surface area contributed by atoms with Crippen LogP contribution in [0.4, 0.5) is 5.69 Å². The van der Waals surface area contributed by atoms with Crippen molar-refractivity contribution in [3.05, 3.63) is 59.6 Å². The Hall–Kier alpha value is -2.03. The molecule has 0 unspecified atom stereocenters. The molecule has 0 bridgehead atoms. The molecule has 0 fully saturated rings. The van der Waals surface area contributed by atoms with E-state index in [9.17, 15) is 8.42 Å². The van der Waals surface area contributed by atoms with Gasteiger partial charge in [0.05, 0.1) is 10.6 Å². The Morgan fingerprint density at radius 2 is 1.58 bits per heavy atom. The quantitative estimate of drug-likeness (QED) is 0.645. The van der Waals surface area contributed by atoms with Gasteiger partial charge in [0.2, 0.25) is 0 Å². The highest BCUT2D eigenvalue weighted by Gasteiger charge is 2.24. The van der Waals surface area contributed by atoms with Crippen LogP contribution < -0.4 is 4.31 Å². The van der Waals surface area contributed by atoms with Gasteiger partial charge in [-0.05, 0) is 36.4 Å². The molecule has 2 aromatic carbocycles. The molecular weight excluding hydrogens is 284 g/mol. The summed E-state index contributed by atoms with van der Waals surface area (Å²) in [5.41, 5.74) is 0.292. The second kappa shape index (κ2) is 5.31. The summed E-state index contributed by atoms with van der Waals surface area (Å²) < 4.78 is 25.3. The van der Waals surface area contributed by atoms with Crippen LogP contribution in [0.1, 0.15) is 0 Å². The SMILES string of the molecule is N#CN(c1ccccc1)S(=O)(=O)c1ccc(Cl)cc1. The number of sulfonamides is 1. The van der Waals surface area contributed by atoms with Crippen LogP contribution in [0.25, 0.3) is 0 Å². The summed E-state index contributed by atoms with van der Waals surface area (Å²) in [5.74, 6) is 0. The minimum Gasteiger partial charge on any atom is -0.200 e. The third-order valence-electron chi connectivity index (χ3n) is 2.43. The standard InChI is InChI=1S/C13H9ClN2O2S/c14-11-6-8-13(9-7-11)19(17,18)16(10-15)12-4-2-1-3-5-12/h1-9H. The summed E-state index contributed by atoms with van der Waals surface area (Å²) in [6.45, 7) is 0. The minimum absolute atomic E-state index is 0.0160. The van der Waals surface area contributed by atoms with Gasteiger partial charge in [0, 0.05) is 5.02 Å². The molecule has 4 nitrogen and oxygen atoms in total. The largest absolute Gasteiger partial charge is 0.276 e. The molecule has 0 N–H and O–H groups in total. The van der Waals surface area contributed by atoms with Crippen molar-refractivity contribution in [1.82, 2.24) is 0 Å². The van der Waals surface area contributed by atoms with E-state index in [2.05, 4.69) is 0 Å². The van der Waals surface area contributed by atoms with Gasteiger partial charge < -0.3 is 0 Å². The van der Waals surface area contributed by atoms with Gasteiger partial charge in [-0.25, -0.2) is 0 Å². The van der Waals surface area contributed by atoms with Crippen molar-refractivity contribution in [3.63, 3.8) is 0 Å². The number of para-hydroxylation sites is 1. The Kier molecular flexibility index (Phi) is 3.74. The van der Waals surface area contributed by atoms with Crippen molar-refractivity contribution >= 4 is 27.3 Å². The van der Waals surface area contributed by atoms with Crippen molar-refractivity contribution in [2.24, 2.45) is 0 Å². The third-order valence-corrected chi connectivity index (χ3v) is 4.33. The van der Waals surface area contributed by atoms with Crippen LogP contribution in [0, 0.1) is 11.5 Å². The van der Waals surface area contributed by atoms with E-state index in [1.807, 2.05) is 0 Å². The van der Waals surface area contributed by atoms with Gasteiger partial charge in [-0.15, -0.1) is 0 Å². The molecule has 0 spiro atoms. The summed E-state index contributed by atoms with van der Waals surface area (Å²) in [5, 5.41) is 9.53. The molecule has 0 saturated heterocycles. The summed E-state index contributed by atoms with van der Waals surface area (Å²) in [6.07, 6.45) is 1.68. The van der Waals surface area contributed by atoms with Crippen LogP contribution in [-0.4, -0.2) is 8.42 Å². The maximum absolute atomic E-state index is 12.3. The maximum atomic E-state index is 12.3. The number of hydrogen-bond donors (Lipinski definition) is 0. The van der Waals surface area contributed by atoms with E-state index in [0.717, 1.165) is 0 Å². The smallest absolute Gasteiger partial charge is 0.200 e. The summed E-state index contributed by atoms with van der Waals surface area (Å²) in [7, 11) is -3.91. The lowest BCUT2D eigenvalue weighted by Gasteiger charge is -2.15. The van der Waals surface area contributed by atoms with E-state index in [0.29, 0.717) is 15.0 Å². The third kappa shape index (κ3) is 2.70. The molecule has 0 atom stereocenters. The highest BCUT2D eigenvalue weighted by molar-refractivity contribution is 7.93. The van der Waals surface area contributed by atoms with Gasteiger partial charge in [0.15, 0.2) is 6.19 Å². The molecule has 96 valence electrons. The Bertz CT molecular complexity index is 707. The van der Waals surface area contributed by atoms with Crippen LogP contribution in [0.3, 0.4) is 0 Å². The van der Waals surface area contributed by atoms with Crippen LogP contribution in [0.5, 0.6) is 0 Å². The number of rotatable bonds is 3. The molecule has 0 heterocycles. The minimum atomic E-state index is -3.91. The molecule has 0 aliphatic carbocycles. The first-order valence-electron chi connectivity index (χ1n) is 5.31. The average Bonchev–Trinajstić information content (AvgIpc) is 2.41. The topological polar surface area (TPSA) is 61.2 Å². The second-order valence-electron chi connectivity index (χ2n) is 3.66. The molecule has 0 aliphatic rings. The number of anilines is 1. The van der Waals surface area contributed by atoms with Crippen LogP contribution in [0.15, 0.2) is 59.5 Å². The Balaban J connectivity index is 2.49. The van der Waals surface area contributed by atoms with Gasteiger partial charge in [0.1, 0.15) is 0 Å². The molecule has 2 aromatic rings. The fraction of sp³-hybridized carbons (Fsp3) is 0. The van der Waals surface area contributed by atoms with Crippen molar-refractivity contribution in [2.45, 2.75) is 4.90 Å². The van der Waals surface area contributed by atoms with E-state index in [1.54, 1.807) is 36.5 Å². The molecule has 19 heavy (non-hydrogen) atoms. The fourth-order valence-electron chi connectivity index (χ4n) is 1.53. The van der Waals surface area contributed by atoms with E-state index in [-0.39, 0.29) is 4.90 Å². The Labute approximate surface area is 116 Å². The number of hydrogen-bond acceptors (Lipinski definition) is 3. The van der Waals surface area contributed by atoms with Crippen molar-refractivity contribution in [3.8, 4) is 6.19 Å². The number of nitriles is 1. The summed E-state index contributed by atoms with van der Waals surface area (Å²) >= 11 is 5.72. The summed E-state index contributed by atoms with van der Waals surface area (Å²) in [6, 6.07) is 13.8. The molecule has 0 saturated carbocycles. The number of benzene rings is 2. The zero-order valence-corrected chi connectivity index (χ0v) is 11.3. The molecule has 0 amide bonds. The lowest BCUT2D eigenvalue weighted by atomic mass is 10.3. The van der Waals surface area contributed by atoms with Gasteiger partial charge in [-0.2, -0.15) is 18.0 Å². The van der Waals surface area contributed by atoms with Gasteiger partial charge >= 0.3 is 0 Å². The molecular formula is C13H9ClN2O2S. The first kappa shape index (κ1) is 13.4. The van der Waals surface area contributed by atoms with Crippen molar-refractivity contribution in [1.29, 1.82) is 5.26 Å². The molecule has 0 radical (unpaired) electrons. The molecule has 0 aromatic heterocycles. The maximum Gasteiger partial charge on any atom is 0.276 e. The van der Waals surface area contributed by atoms with E-state index in [1.165, 1.54) is 24.3 Å². The van der Waals surface area contributed by atoms with E-state index in [4.69, 9.17) is 16.9 Å². The predicted molar refractivity (Wildman–Crippen MR) is 73.2 cm³/mol. The Morgan fingerprint density at radius 3 is 2.11 bits per heavy atom. The number of halogens is 1. The van der Waals surface area contributed by atoms with E-state index < -0.39 is 10.0 Å². The average molecular weight is 293 g/mol. The Morgan fingerprint density at radius 1 is 1.00 bits per heavy atom. The van der Waals surface area contributed by atoms with Crippen LogP contribution in [-0.2, 0) is 10.0 Å². The van der Waals surface area contributed by atoms with Gasteiger partial charge in [0.25, 0.3) is 10.0 Å².